The van der Waals surface area contributed by atoms with Crippen LogP contribution in [0.5, 0.6) is 5.75 Å². The molecule has 3 aromatic carbocycles. The van der Waals surface area contributed by atoms with Crippen LogP contribution in [0, 0.1) is 5.82 Å². The molecule has 7 nitrogen and oxygen atoms in total. The van der Waals surface area contributed by atoms with Crippen molar-refractivity contribution >= 4 is 34.0 Å². The Hall–Kier alpha value is -3.98. The number of furan rings is 1. The van der Waals surface area contributed by atoms with E-state index in [9.17, 15) is 4.39 Å². The van der Waals surface area contributed by atoms with E-state index in [0.717, 1.165) is 45.8 Å². The molecule has 2 heterocycles. The number of hydrogen-bond acceptors (Lipinski definition) is 7. The Bertz CT molecular complexity index is 1520. The monoisotopic (exact) mass is 517 g/mol. The van der Waals surface area contributed by atoms with Gasteiger partial charge in [0.05, 0.1) is 17.1 Å². The molecule has 37 heavy (non-hydrogen) atoms. The van der Waals surface area contributed by atoms with Gasteiger partial charge in [-0.25, -0.2) is 14.4 Å². The highest BCUT2D eigenvalue weighted by molar-refractivity contribution is 6.32. The minimum atomic E-state index is -0.306. The minimum Gasteiger partial charge on any atom is -0.487 e. The smallest absolute Gasteiger partial charge is 0.141 e. The van der Waals surface area contributed by atoms with Crippen LogP contribution in [-0.2, 0) is 13.2 Å². The Morgan fingerprint density at radius 3 is 2.76 bits per heavy atom. The summed E-state index contributed by atoms with van der Waals surface area (Å²) in [5.74, 6) is 2.41. The molecule has 2 aromatic heterocycles. The third-order valence-electron chi connectivity index (χ3n) is 5.68. The van der Waals surface area contributed by atoms with Gasteiger partial charge in [-0.1, -0.05) is 23.7 Å². The molecule has 5 rings (SSSR count). The zero-order valence-corrected chi connectivity index (χ0v) is 20.6. The lowest BCUT2D eigenvalue weighted by atomic mass is 10.1. The average Bonchev–Trinajstić information content (AvgIpc) is 3.37. The van der Waals surface area contributed by atoms with E-state index in [1.807, 2.05) is 36.4 Å². The van der Waals surface area contributed by atoms with Crippen molar-refractivity contribution in [3.05, 3.63) is 101 Å². The average molecular weight is 518 g/mol. The standard InChI is InChI=1S/C28H25ClFN5O2/c29-24-14-21(5-8-27(24)36-16-18-2-1-3-20(30)12-18)35-28-23-13-19(4-7-25(23)33-17-34-28)26-9-6-22(37-26)15-32-11-10-31/h1-9,12-14,17,32H,10-11,15-16,31H2,(H,33,34,35). The van der Waals surface area contributed by atoms with Crippen LogP contribution in [0.25, 0.3) is 22.2 Å². The molecule has 0 amide bonds. The van der Waals surface area contributed by atoms with Crippen molar-refractivity contribution in [1.82, 2.24) is 15.3 Å². The van der Waals surface area contributed by atoms with Gasteiger partial charge in [-0.2, -0.15) is 0 Å². The van der Waals surface area contributed by atoms with Crippen LogP contribution in [0.3, 0.4) is 0 Å². The van der Waals surface area contributed by atoms with E-state index in [4.69, 9.17) is 26.5 Å². The van der Waals surface area contributed by atoms with Gasteiger partial charge >= 0.3 is 0 Å². The predicted molar refractivity (Wildman–Crippen MR) is 143 cm³/mol. The normalized spacial score (nSPS) is 11.1. The molecular weight excluding hydrogens is 493 g/mol. The van der Waals surface area contributed by atoms with Crippen LogP contribution in [0.1, 0.15) is 11.3 Å². The summed E-state index contributed by atoms with van der Waals surface area (Å²) in [6.07, 6.45) is 1.51. The van der Waals surface area contributed by atoms with Crippen molar-refractivity contribution in [3.63, 3.8) is 0 Å². The van der Waals surface area contributed by atoms with Crippen LogP contribution in [0.15, 0.2) is 83.5 Å². The SMILES string of the molecule is NCCNCc1ccc(-c2ccc3ncnc(Nc4ccc(OCc5cccc(F)c5)c(Cl)c4)c3c2)o1. The van der Waals surface area contributed by atoms with Crippen LogP contribution < -0.4 is 21.1 Å². The number of fused-ring (bicyclic) bond motifs is 1. The zero-order valence-electron chi connectivity index (χ0n) is 19.9. The minimum absolute atomic E-state index is 0.209. The van der Waals surface area contributed by atoms with Crippen molar-refractivity contribution in [1.29, 1.82) is 0 Å². The van der Waals surface area contributed by atoms with E-state index in [0.29, 0.717) is 29.7 Å². The number of halogens is 2. The van der Waals surface area contributed by atoms with Gasteiger partial charge in [-0.15, -0.1) is 0 Å². The fourth-order valence-corrected chi connectivity index (χ4v) is 4.11. The number of anilines is 2. The van der Waals surface area contributed by atoms with Crippen molar-refractivity contribution in [2.45, 2.75) is 13.2 Å². The lowest BCUT2D eigenvalue weighted by Crippen LogP contribution is -2.21. The summed E-state index contributed by atoms with van der Waals surface area (Å²) >= 11 is 6.47. The van der Waals surface area contributed by atoms with Crippen molar-refractivity contribution < 1.29 is 13.5 Å². The molecule has 9 heteroatoms. The van der Waals surface area contributed by atoms with E-state index >= 15 is 0 Å². The molecule has 0 fully saturated rings. The van der Waals surface area contributed by atoms with Gasteiger partial charge in [0.2, 0.25) is 0 Å². The molecule has 5 aromatic rings. The second-order valence-electron chi connectivity index (χ2n) is 8.37. The van der Waals surface area contributed by atoms with Crippen molar-refractivity contribution in [2.75, 3.05) is 18.4 Å². The maximum Gasteiger partial charge on any atom is 0.141 e. The molecular formula is C28H25ClFN5O2. The van der Waals surface area contributed by atoms with Gasteiger partial charge < -0.3 is 25.5 Å². The second-order valence-corrected chi connectivity index (χ2v) is 8.78. The zero-order chi connectivity index (χ0) is 25.6. The first kappa shape index (κ1) is 24.7. The molecule has 0 unspecified atom stereocenters. The molecule has 0 aliphatic heterocycles. The maximum atomic E-state index is 13.4. The molecule has 4 N–H and O–H groups in total. The second kappa shape index (κ2) is 11.4. The summed E-state index contributed by atoms with van der Waals surface area (Å²) in [5.41, 5.74) is 8.69. The highest BCUT2D eigenvalue weighted by Crippen LogP contribution is 2.32. The van der Waals surface area contributed by atoms with E-state index in [-0.39, 0.29) is 12.4 Å². The summed E-state index contributed by atoms with van der Waals surface area (Å²) in [5, 5.41) is 7.80. The number of nitrogens with two attached hydrogens (primary N) is 1. The molecule has 0 aliphatic rings. The van der Waals surface area contributed by atoms with Crippen molar-refractivity contribution in [2.24, 2.45) is 5.73 Å². The van der Waals surface area contributed by atoms with E-state index in [1.54, 1.807) is 24.3 Å². The Morgan fingerprint density at radius 2 is 1.92 bits per heavy atom. The number of benzene rings is 3. The third kappa shape index (κ3) is 6.06. The van der Waals surface area contributed by atoms with E-state index in [2.05, 4.69) is 20.6 Å². The Kier molecular flexibility index (Phi) is 7.60. The third-order valence-corrected chi connectivity index (χ3v) is 5.98. The Morgan fingerprint density at radius 1 is 1.00 bits per heavy atom. The Balaban J connectivity index is 1.33. The summed E-state index contributed by atoms with van der Waals surface area (Å²) in [6.45, 7) is 2.12. The lowest BCUT2D eigenvalue weighted by molar-refractivity contribution is 0.306. The number of nitrogens with zero attached hydrogens (tertiary/aromatic N) is 2. The molecule has 0 atom stereocenters. The van der Waals surface area contributed by atoms with Gasteiger partial charge in [-0.05, 0) is 66.2 Å². The summed E-state index contributed by atoms with van der Waals surface area (Å²) < 4.78 is 25.2. The first-order valence-electron chi connectivity index (χ1n) is 11.8. The quantitative estimate of drug-likeness (QED) is 0.194. The van der Waals surface area contributed by atoms with Crippen molar-refractivity contribution in [3.8, 4) is 17.1 Å². The highest BCUT2D eigenvalue weighted by atomic mass is 35.5. The number of rotatable bonds is 10. The number of nitrogens with one attached hydrogen (secondary N) is 2. The first-order chi connectivity index (χ1) is 18.1. The number of aromatic nitrogens is 2. The number of hydrogen-bond donors (Lipinski definition) is 3. The maximum absolute atomic E-state index is 13.4. The van der Waals surface area contributed by atoms with Gasteiger partial charge in [-0.3, -0.25) is 0 Å². The van der Waals surface area contributed by atoms with Crippen LogP contribution in [0.2, 0.25) is 5.02 Å². The predicted octanol–water partition coefficient (Wildman–Crippen LogP) is 6.05. The van der Waals surface area contributed by atoms with E-state index in [1.165, 1.54) is 18.5 Å². The largest absolute Gasteiger partial charge is 0.487 e. The fourth-order valence-electron chi connectivity index (χ4n) is 3.87. The molecule has 0 saturated carbocycles. The molecule has 0 aliphatic carbocycles. The van der Waals surface area contributed by atoms with Crippen LogP contribution >= 0.6 is 11.6 Å². The first-order valence-corrected chi connectivity index (χ1v) is 12.2. The lowest BCUT2D eigenvalue weighted by Gasteiger charge is -2.12. The molecule has 0 radical (unpaired) electrons. The van der Waals surface area contributed by atoms with Crippen LogP contribution in [-0.4, -0.2) is 23.1 Å². The summed E-state index contributed by atoms with van der Waals surface area (Å²) in [4.78, 5) is 8.83. The fraction of sp³-hybridized carbons (Fsp3) is 0.143. The molecule has 188 valence electrons. The number of ether oxygens (including phenoxy) is 1. The van der Waals surface area contributed by atoms with Gasteiger partial charge in [0.25, 0.3) is 0 Å². The Labute approximate surface area is 218 Å². The van der Waals surface area contributed by atoms with Gasteiger partial charge in [0.15, 0.2) is 0 Å². The van der Waals surface area contributed by atoms with E-state index < -0.39 is 0 Å². The van der Waals surface area contributed by atoms with Gasteiger partial charge in [0.1, 0.15) is 41.8 Å². The van der Waals surface area contributed by atoms with Gasteiger partial charge in [0, 0.05) is 29.7 Å². The van der Waals surface area contributed by atoms with Crippen LogP contribution in [0.4, 0.5) is 15.9 Å². The molecule has 0 bridgehead atoms. The molecule has 0 saturated heterocycles. The summed E-state index contributed by atoms with van der Waals surface area (Å²) in [7, 11) is 0. The topological polar surface area (TPSA) is 98.2 Å². The highest BCUT2D eigenvalue weighted by Gasteiger charge is 2.11. The molecule has 0 spiro atoms. The summed E-state index contributed by atoms with van der Waals surface area (Å²) in [6, 6.07) is 21.4.